The Morgan fingerprint density at radius 3 is 2.45 bits per heavy atom. The maximum Gasteiger partial charge on any atom is 0.226 e. The second kappa shape index (κ2) is 12.4. The van der Waals surface area contributed by atoms with Gasteiger partial charge >= 0.3 is 0 Å². The predicted molar refractivity (Wildman–Crippen MR) is 153 cm³/mol. The lowest BCUT2D eigenvalue weighted by atomic mass is 9.92. The van der Waals surface area contributed by atoms with E-state index in [0.29, 0.717) is 33.2 Å². The lowest BCUT2D eigenvalue weighted by Crippen LogP contribution is -2.46. The van der Waals surface area contributed by atoms with Gasteiger partial charge in [0.2, 0.25) is 5.91 Å². The number of hydrogen-bond acceptors (Lipinski definition) is 3. The predicted octanol–water partition coefficient (Wildman–Crippen LogP) is 7.69. The van der Waals surface area contributed by atoms with Gasteiger partial charge in [0.05, 0.1) is 35.9 Å². The third-order valence-corrected chi connectivity index (χ3v) is 7.53. The Labute approximate surface area is 237 Å². The lowest BCUT2D eigenvalue weighted by Gasteiger charge is -2.32. The molecule has 1 heterocycles. The molecule has 0 radical (unpaired) electrons. The second-order valence-electron chi connectivity index (χ2n) is 9.50. The van der Waals surface area contributed by atoms with Crippen molar-refractivity contribution >= 4 is 40.7 Å². The zero-order valence-corrected chi connectivity index (χ0v) is 23.0. The highest BCUT2D eigenvalue weighted by molar-refractivity contribution is 6.36. The van der Waals surface area contributed by atoms with E-state index in [-0.39, 0.29) is 24.5 Å². The topological polar surface area (TPSA) is 56.2 Å². The molecule has 0 unspecified atom stereocenters. The summed E-state index contributed by atoms with van der Waals surface area (Å²) in [4.78, 5) is 18.0. The number of aromatic nitrogens is 2. The summed E-state index contributed by atoms with van der Waals surface area (Å²) in [5.41, 5.74) is 3.34. The Balaban J connectivity index is 1.33. The molecular weight excluding hydrogens is 541 g/mol. The third-order valence-electron chi connectivity index (χ3n) is 6.73. The van der Waals surface area contributed by atoms with Crippen LogP contribution in [0.4, 0.5) is 0 Å². The molecule has 1 amide bonds. The molecular formula is C30H28Cl3N3O2. The minimum Gasteiger partial charge on any atom is -0.371 e. The fraction of sp³-hybridized carbons (Fsp3) is 0.267. The summed E-state index contributed by atoms with van der Waals surface area (Å²) >= 11 is 18.8. The fourth-order valence-electron chi connectivity index (χ4n) is 4.83. The fourth-order valence-corrected chi connectivity index (χ4v) is 5.45. The number of amides is 1. The monoisotopic (exact) mass is 567 g/mol. The van der Waals surface area contributed by atoms with Crippen LogP contribution in [0.3, 0.4) is 0 Å². The smallest absolute Gasteiger partial charge is 0.226 e. The Morgan fingerprint density at radius 2 is 1.68 bits per heavy atom. The van der Waals surface area contributed by atoms with Crippen molar-refractivity contribution in [1.82, 2.24) is 14.9 Å². The molecule has 1 N–H and O–H groups in total. The van der Waals surface area contributed by atoms with Crippen LogP contribution in [-0.2, 0) is 22.6 Å². The molecule has 5 rings (SSSR count). The molecule has 1 aromatic heterocycles. The molecule has 1 saturated carbocycles. The third kappa shape index (κ3) is 6.59. The van der Waals surface area contributed by atoms with Gasteiger partial charge in [-0.15, -0.1) is 0 Å². The van der Waals surface area contributed by atoms with Gasteiger partial charge in [0.15, 0.2) is 0 Å². The van der Waals surface area contributed by atoms with Crippen LogP contribution in [0.2, 0.25) is 15.1 Å². The molecule has 4 aromatic rings. The van der Waals surface area contributed by atoms with Gasteiger partial charge < -0.3 is 10.1 Å². The van der Waals surface area contributed by atoms with Gasteiger partial charge in [-0.1, -0.05) is 78.0 Å². The van der Waals surface area contributed by atoms with Crippen molar-refractivity contribution in [2.75, 3.05) is 0 Å². The Hall–Kier alpha value is -2.83. The van der Waals surface area contributed by atoms with Crippen LogP contribution in [0, 0.1) is 0 Å². The molecule has 38 heavy (non-hydrogen) atoms. The van der Waals surface area contributed by atoms with Crippen molar-refractivity contribution in [3.63, 3.8) is 0 Å². The average molecular weight is 569 g/mol. The quantitative estimate of drug-likeness (QED) is 0.237. The minimum absolute atomic E-state index is 0.0111. The van der Waals surface area contributed by atoms with E-state index in [4.69, 9.17) is 44.5 Å². The first kappa shape index (κ1) is 26.8. The van der Waals surface area contributed by atoms with Crippen LogP contribution >= 0.6 is 34.8 Å². The van der Waals surface area contributed by atoms with Gasteiger partial charge in [0, 0.05) is 27.5 Å². The molecule has 3 aromatic carbocycles. The minimum atomic E-state index is -0.0836. The van der Waals surface area contributed by atoms with E-state index in [1.54, 1.807) is 12.1 Å². The largest absolute Gasteiger partial charge is 0.371 e. The van der Waals surface area contributed by atoms with Crippen LogP contribution in [0.5, 0.6) is 0 Å². The molecule has 2 atom stereocenters. The molecule has 0 aliphatic heterocycles. The number of imidazole rings is 1. The standard InChI is InChI=1S/C30H28Cl3N3O2/c31-21-10-13-24(14-11-21)36-18-23(34-30(36)25-15-12-22(32)16-26(25)33)17-29(37)35-27-8-4-5-9-28(27)38-19-20-6-2-1-3-7-20/h1-3,6-7,10-16,18,27-28H,4-5,8-9,17,19H2,(H,35,37)/t27-,28-/m1/s1. The summed E-state index contributed by atoms with van der Waals surface area (Å²) in [6.45, 7) is 0.536. The SMILES string of the molecule is O=C(Cc1cn(-c2ccc(Cl)cc2)c(-c2ccc(Cl)cc2Cl)n1)N[C@@H]1CCCC[C@H]1OCc1ccccc1. The molecule has 1 aliphatic carbocycles. The van der Waals surface area contributed by atoms with E-state index in [2.05, 4.69) is 17.4 Å². The van der Waals surface area contributed by atoms with Crippen LogP contribution < -0.4 is 5.32 Å². The summed E-state index contributed by atoms with van der Waals surface area (Å²) < 4.78 is 8.15. The highest BCUT2D eigenvalue weighted by Gasteiger charge is 2.28. The highest BCUT2D eigenvalue weighted by atomic mass is 35.5. The van der Waals surface area contributed by atoms with Crippen molar-refractivity contribution in [2.45, 2.75) is 50.9 Å². The molecule has 0 spiro atoms. The molecule has 5 nitrogen and oxygen atoms in total. The van der Waals surface area contributed by atoms with Gasteiger partial charge in [0.1, 0.15) is 5.82 Å². The molecule has 8 heteroatoms. The first-order valence-electron chi connectivity index (χ1n) is 12.7. The maximum absolute atomic E-state index is 13.2. The van der Waals surface area contributed by atoms with Crippen molar-refractivity contribution in [3.05, 3.63) is 105 Å². The number of nitrogens with one attached hydrogen (secondary N) is 1. The molecule has 0 saturated heterocycles. The zero-order chi connectivity index (χ0) is 26.5. The maximum atomic E-state index is 13.2. The number of carbonyl (C=O) groups is 1. The summed E-state index contributed by atoms with van der Waals surface area (Å²) in [7, 11) is 0. The first-order chi connectivity index (χ1) is 18.5. The summed E-state index contributed by atoms with van der Waals surface area (Å²) in [6.07, 6.45) is 6.00. The van der Waals surface area contributed by atoms with Gasteiger partial charge in [-0.25, -0.2) is 4.98 Å². The van der Waals surface area contributed by atoms with Crippen LogP contribution in [0.25, 0.3) is 17.1 Å². The highest BCUT2D eigenvalue weighted by Crippen LogP contribution is 2.32. The van der Waals surface area contributed by atoms with E-state index in [9.17, 15) is 4.79 Å². The average Bonchev–Trinajstić information content (AvgIpc) is 3.32. The van der Waals surface area contributed by atoms with E-state index in [1.807, 2.05) is 59.3 Å². The van der Waals surface area contributed by atoms with E-state index in [1.165, 1.54) is 0 Å². The van der Waals surface area contributed by atoms with Gasteiger partial charge in [0.25, 0.3) is 0 Å². The van der Waals surface area contributed by atoms with Crippen LogP contribution in [0.15, 0.2) is 79.0 Å². The Kier molecular flexibility index (Phi) is 8.70. The van der Waals surface area contributed by atoms with E-state index in [0.717, 1.165) is 42.5 Å². The normalized spacial score (nSPS) is 17.3. The van der Waals surface area contributed by atoms with Crippen molar-refractivity contribution < 1.29 is 9.53 Å². The summed E-state index contributed by atoms with van der Waals surface area (Å²) in [5, 5.41) is 4.87. The number of carbonyl (C=O) groups excluding carboxylic acids is 1. The summed E-state index contributed by atoms with van der Waals surface area (Å²) in [5.74, 6) is 0.540. The number of hydrogen-bond donors (Lipinski definition) is 1. The van der Waals surface area contributed by atoms with Gasteiger partial charge in [-0.05, 0) is 60.9 Å². The molecule has 1 aliphatic rings. The van der Waals surface area contributed by atoms with Crippen LogP contribution in [0.1, 0.15) is 36.9 Å². The number of halogens is 3. The number of rotatable bonds is 8. The number of ether oxygens (including phenoxy) is 1. The van der Waals surface area contributed by atoms with Crippen molar-refractivity contribution in [2.24, 2.45) is 0 Å². The first-order valence-corrected chi connectivity index (χ1v) is 13.8. The van der Waals surface area contributed by atoms with Gasteiger partial charge in [-0.3, -0.25) is 9.36 Å². The van der Waals surface area contributed by atoms with Crippen molar-refractivity contribution in [3.8, 4) is 17.1 Å². The Bertz CT molecular complexity index is 1390. The second-order valence-corrected chi connectivity index (χ2v) is 10.8. The zero-order valence-electron chi connectivity index (χ0n) is 20.7. The molecule has 196 valence electrons. The van der Waals surface area contributed by atoms with Crippen LogP contribution in [-0.4, -0.2) is 27.6 Å². The van der Waals surface area contributed by atoms with E-state index >= 15 is 0 Å². The van der Waals surface area contributed by atoms with Crippen molar-refractivity contribution in [1.29, 1.82) is 0 Å². The Morgan fingerprint density at radius 1 is 0.947 bits per heavy atom. The van der Waals surface area contributed by atoms with Gasteiger partial charge in [-0.2, -0.15) is 0 Å². The molecule has 1 fully saturated rings. The number of benzene rings is 3. The van der Waals surface area contributed by atoms with E-state index < -0.39 is 0 Å². The number of nitrogens with zero attached hydrogens (tertiary/aromatic N) is 2. The molecule has 0 bridgehead atoms. The summed E-state index contributed by atoms with van der Waals surface area (Å²) in [6, 6.07) is 22.8. The lowest BCUT2D eigenvalue weighted by molar-refractivity contribution is -0.123.